The SMILES string of the molecule is FC1(F)C=C1c1ccc2ccccc2c1. The van der Waals surface area contributed by atoms with Gasteiger partial charge < -0.3 is 0 Å². The highest BCUT2D eigenvalue weighted by Gasteiger charge is 2.45. The van der Waals surface area contributed by atoms with Gasteiger partial charge in [-0.05, 0) is 28.5 Å². The van der Waals surface area contributed by atoms with E-state index in [1.165, 1.54) is 0 Å². The summed E-state index contributed by atoms with van der Waals surface area (Å²) < 4.78 is 25.6. The van der Waals surface area contributed by atoms with Gasteiger partial charge in [-0.25, -0.2) is 0 Å². The molecular formula is C13H8F2. The lowest BCUT2D eigenvalue weighted by molar-refractivity contribution is 0.159. The highest BCUT2D eigenvalue weighted by Crippen LogP contribution is 2.47. The summed E-state index contributed by atoms with van der Waals surface area (Å²) in [6.07, 6.45) is 0.997. The fourth-order valence-electron chi connectivity index (χ4n) is 1.78. The van der Waals surface area contributed by atoms with Crippen LogP contribution in [0.25, 0.3) is 16.3 Å². The van der Waals surface area contributed by atoms with Gasteiger partial charge in [-0.1, -0.05) is 36.4 Å². The van der Waals surface area contributed by atoms with Crippen LogP contribution in [0.4, 0.5) is 8.78 Å². The van der Waals surface area contributed by atoms with Gasteiger partial charge in [-0.3, -0.25) is 0 Å². The number of halogens is 2. The maximum Gasteiger partial charge on any atom is 0.292 e. The van der Waals surface area contributed by atoms with Crippen molar-refractivity contribution in [2.75, 3.05) is 0 Å². The fraction of sp³-hybridized carbons (Fsp3) is 0.0769. The summed E-state index contributed by atoms with van der Waals surface area (Å²) in [6.45, 7) is 0. The van der Waals surface area contributed by atoms with E-state index in [1.54, 1.807) is 6.07 Å². The first-order valence-corrected chi connectivity index (χ1v) is 4.77. The maximum atomic E-state index is 12.8. The molecule has 0 amide bonds. The molecule has 0 fully saturated rings. The minimum Gasteiger partial charge on any atom is -0.196 e. The van der Waals surface area contributed by atoms with E-state index in [2.05, 4.69) is 0 Å². The first kappa shape index (κ1) is 8.60. The first-order valence-electron chi connectivity index (χ1n) is 4.77. The van der Waals surface area contributed by atoms with Crippen molar-refractivity contribution in [3.05, 3.63) is 54.1 Å². The predicted molar refractivity (Wildman–Crippen MR) is 56.9 cm³/mol. The molecule has 0 saturated heterocycles. The lowest BCUT2D eigenvalue weighted by atomic mass is 10.1. The van der Waals surface area contributed by atoms with Crippen molar-refractivity contribution in [1.29, 1.82) is 0 Å². The molecule has 0 unspecified atom stereocenters. The van der Waals surface area contributed by atoms with Gasteiger partial charge in [0.25, 0.3) is 5.92 Å². The van der Waals surface area contributed by atoms with Crippen molar-refractivity contribution >= 4 is 16.3 Å². The molecule has 0 atom stereocenters. The third-order valence-corrected chi connectivity index (χ3v) is 2.66. The lowest BCUT2D eigenvalue weighted by Crippen LogP contribution is -1.93. The van der Waals surface area contributed by atoms with Gasteiger partial charge in [0.1, 0.15) is 0 Å². The van der Waals surface area contributed by atoms with Crippen LogP contribution in [0.5, 0.6) is 0 Å². The molecule has 0 aromatic heterocycles. The molecule has 0 bridgehead atoms. The van der Waals surface area contributed by atoms with Crippen molar-refractivity contribution in [2.45, 2.75) is 5.92 Å². The average molecular weight is 202 g/mol. The normalized spacial score (nSPS) is 17.6. The Kier molecular flexibility index (Phi) is 1.52. The Morgan fingerprint density at radius 3 is 2.20 bits per heavy atom. The van der Waals surface area contributed by atoms with Crippen LogP contribution >= 0.6 is 0 Å². The molecular weight excluding hydrogens is 194 g/mol. The van der Waals surface area contributed by atoms with E-state index < -0.39 is 5.92 Å². The highest BCUT2D eigenvalue weighted by atomic mass is 19.3. The van der Waals surface area contributed by atoms with Crippen LogP contribution in [-0.4, -0.2) is 5.92 Å². The molecule has 2 aromatic rings. The second-order valence-corrected chi connectivity index (χ2v) is 3.74. The third kappa shape index (κ3) is 1.33. The molecule has 3 rings (SSSR count). The summed E-state index contributed by atoms with van der Waals surface area (Å²) in [6, 6.07) is 13.2. The van der Waals surface area contributed by atoms with E-state index >= 15 is 0 Å². The molecule has 0 saturated carbocycles. The molecule has 74 valence electrons. The monoisotopic (exact) mass is 202 g/mol. The Labute approximate surface area is 85.8 Å². The smallest absolute Gasteiger partial charge is 0.196 e. The zero-order valence-corrected chi connectivity index (χ0v) is 7.87. The average Bonchev–Trinajstić information content (AvgIpc) is 2.87. The highest BCUT2D eigenvalue weighted by molar-refractivity contribution is 5.92. The lowest BCUT2D eigenvalue weighted by Gasteiger charge is -2.01. The Morgan fingerprint density at radius 1 is 0.867 bits per heavy atom. The van der Waals surface area contributed by atoms with E-state index in [1.807, 2.05) is 36.4 Å². The summed E-state index contributed by atoms with van der Waals surface area (Å²) in [4.78, 5) is 0. The largest absolute Gasteiger partial charge is 0.292 e. The number of fused-ring (bicyclic) bond motifs is 1. The van der Waals surface area contributed by atoms with Gasteiger partial charge >= 0.3 is 0 Å². The van der Waals surface area contributed by atoms with Gasteiger partial charge in [0.05, 0.1) is 0 Å². The van der Waals surface area contributed by atoms with Crippen molar-refractivity contribution in [3.8, 4) is 0 Å². The van der Waals surface area contributed by atoms with Gasteiger partial charge in [-0.2, -0.15) is 8.78 Å². The minimum absolute atomic E-state index is 0.147. The number of hydrogen-bond acceptors (Lipinski definition) is 0. The van der Waals surface area contributed by atoms with Crippen molar-refractivity contribution in [1.82, 2.24) is 0 Å². The van der Waals surface area contributed by atoms with Crippen LogP contribution in [0.3, 0.4) is 0 Å². The second kappa shape index (κ2) is 2.66. The van der Waals surface area contributed by atoms with E-state index in [4.69, 9.17) is 0 Å². The molecule has 0 spiro atoms. The van der Waals surface area contributed by atoms with Crippen molar-refractivity contribution in [2.24, 2.45) is 0 Å². The van der Waals surface area contributed by atoms with Crippen LogP contribution in [0, 0.1) is 0 Å². The zero-order valence-electron chi connectivity index (χ0n) is 7.87. The number of rotatable bonds is 1. The molecule has 0 aliphatic heterocycles. The van der Waals surface area contributed by atoms with Crippen LogP contribution in [0.1, 0.15) is 5.56 Å². The van der Waals surface area contributed by atoms with Gasteiger partial charge in [0.15, 0.2) is 0 Å². The summed E-state index contributed by atoms with van der Waals surface area (Å²) >= 11 is 0. The molecule has 1 aliphatic rings. The Morgan fingerprint density at radius 2 is 1.53 bits per heavy atom. The number of hydrogen-bond donors (Lipinski definition) is 0. The van der Waals surface area contributed by atoms with Crippen LogP contribution in [0.2, 0.25) is 0 Å². The van der Waals surface area contributed by atoms with E-state index in [0.29, 0.717) is 5.56 Å². The molecule has 2 heteroatoms. The van der Waals surface area contributed by atoms with Crippen molar-refractivity contribution < 1.29 is 8.78 Å². The molecule has 0 radical (unpaired) electrons. The van der Waals surface area contributed by atoms with Crippen LogP contribution in [-0.2, 0) is 0 Å². The Balaban J connectivity index is 2.12. The number of alkyl halides is 2. The minimum atomic E-state index is -2.68. The van der Waals surface area contributed by atoms with Gasteiger partial charge in [0, 0.05) is 5.57 Å². The summed E-state index contributed by atoms with van der Waals surface area (Å²) in [5, 5.41) is 2.07. The van der Waals surface area contributed by atoms with E-state index in [-0.39, 0.29) is 5.57 Å². The van der Waals surface area contributed by atoms with E-state index in [0.717, 1.165) is 16.8 Å². The van der Waals surface area contributed by atoms with Gasteiger partial charge in [-0.15, -0.1) is 0 Å². The van der Waals surface area contributed by atoms with Crippen molar-refractivity contribution in [3.63, 3.8) is 0 Å². The standard InChI is InChI=1S/C13H8F2/c14-13(15)8-12(13)11-6-5-9-3-1-2-4-10(9)7-11/h1-8H. The fourth-order valence-corrected chi connectivity index (χ4v) is 1.78. The van der Waals surface area contributed by atoms with Crippen LogP contribution in [0.15, 0.2) is 48.5 Å². The topological polar surface area (TPSA) is 0 Å². The predicted octanol–water partition coefficient (Wildman–Crippen LogP) is 3.87. The van der Waals surface area contributed by atoms with E-state index in [9.17, 15) is 8.78 Å². The third-order valence-electron chi connectivity index (χ3n) is 2.66. The first-order chi connectivity index (χ1) is 7.17. The summed E-state index contributed by atoms with van der Waals surface area (Å²) in [7, 11) is 0. The Hall–Kier alpha value is -1.70. The maximum absolute atomic E-state index is 12.8. The molecule has 1 aliphatic carbocycles. The van der Waals surface area contributed by atoms with Gasteiger partial charge in [0.2, 0.25) is 0 Å². The summed E-state index contributed by atoms with van der Waals surface area (Å²) in [5.74, 6) is -2.68. The molecule has 0 nitrogen and oxygen atoms in total. The second-order valence-electron chi connectivity index (χ2n) is 3.74. The quantitative estimate of drug-likeness (QED) is 0.658. The number of allylic oxidation sites excluding steroid dienone is 2. The molecule has 2 aromatic carbocycles. The molecule has 0 N–H and O–H groups in total. The molecule has 0 heterocycles. The summed E-state index contributed by atoms with van der Waals surface area (Å²) in [5.41, 5.74) is 0.770. The van der Waals surface area contributed by atoms with Crippen LogP contribution < -0.4 is 0 Å². The zero-order chi connectivity index (χ0) is 10.5. The Bertz CT molecular complexity index is 568. The number of benzene rings is 2. The molecule has 15 heavy (non-hydrogen) atoms.